The number of thiophene rings is 1. The maximum absolute atomic E-state index is 5.32. The second-order valence-corrected chi connectivity index (χ2v) is 15.5. The van der Waals surface area contributed by atoms with Gasteiger partial charge in [-0.2, -0.15) is 0 Å². The maximum atomic E-state index is 5.32. The topological polar surface area (TPSA) is 43.6 Å². The van der Waals surface area contributed by atoms with Crippen LogP contribution in [0, 0.1) is 0 Å². The Kier molecular flexibility index (Phi) is 6.76. The molecular formula is C51H30N4S. The first kappa shape index (κ1) is 31.2. The summed E-state index contributed by atoms with van der Waals surface area (Å²) < 4.78 is 4.87. The molecule has 0 aliphatic heterocycles. The molecule has 12 rings (SSSR count). The van der Waals surface area contributed by atoms with E-state index < -0.39 is 0 Å². The summed E-state index contributed by atoms with van der Waals surface area (Å²) in [6.07, 6.45) is 0. The van der Waals surface area contributed by atoms with E-state index in [2.05, 4.69) is 168 Å². The first-order chi connectivity index (χ1) is 27.7. The molecule has 0 amide bonds. The van der Waals surface area contributed by atoms with E-state index >= 15 is 0 Å². The quantitative estimate of drug-likeness (QED) is 0.181. The molecule has 0 fully saturated rings. The smallest absolute Gasteiger partial charge is 0.164 e. The Labute approximate surface area is 325 Å². The van der Waals surface area contributed by atoms with Gasteiger partial charge in [0.1, 0.15) is 0 Å². The minimum absolute atomic E-state index is 0.653. The summed E-state index contributed by atoms with van der Waals surface area (Å²) in [4.78, 5) is 15.7. The SMILES string of the molecule is c1ccc(-c2nc(-c3cccc4ccccc34)nc(-c3cc4ccccc4c4sc5cc(-n6c7ccccc7c7cc8ccccc8cc76)ccc5c34)n2)cc1. The zero-order chi connectivity index (χ0) is 36.7. The third-order valence-corrected chi connectivity index (χ3v) is 12.4. The Hall–Kier alpha value is -7.21. The number of aromatic nitrogens is 4. The van der Waals surface area contributed by atoms with Crippen LogP contribution in [0.1, 0.15) is 0 Å². The van der Waals surface area contributed by atoms with Gasteiger partial charge in [0, 0.05) is 53.3 Å². The standard InChI is InChI=1S/C51H30N4S/c1-2-14-32(15-3-1)49-52-50(40-23-12-19-31-13-6-8-20-37(31)40)54-51(53-49)43-28-35-18-7-9-21-38(35)48-47(43)41-26-25-36(30-46(41)56-48)55-44-24-11-10-22-39(44)42-27-33-16-4-5-17-34(33)29-45(42)55/h1-30H. The number of fused-ring (bicyclic) bond motifs is 10. The largest absolute Gasteiger partial charge is 0.309 e. The van der Waals surface area contributed by atoms with Crippen LogP contribution in [0.15, 0.2) is 182 Å². The van der Waals surface area contributed by atoms with Gasteiger partial charge in [0.15, 0.2) is 17.5 Å². The average Bonchev–Trinajstić information content (AvgIpc) is 3.81. The van der Waals surface area contributed by atoms with Crippen LogP contribution in [-0.4, -0.2) is 19.5 Å². The van der Waals surface area contributed by atoms with Crippen LogP contribution in [0.3, 0.4) is 0 Å². The molecule has 0 saturated carbocycles. The lowest BCUT2D eigenvalue weighted by Crippen LogP contribution is -2.01. The van der Waals surface area contributed by atoms with Crippen molar-refractivity contribution in [2.75, 3.05) is 0 Å². The number of para-hydroxylation sites is 1. The molecule has 56 heavy (non-hydrogen) atoms. The first-order valence-corrected chi connectivity index (χ1v) is 19.7. The maximum Gasteiger partial charge on any atom is 0.164 e. The number of benzene rings is 9. The van der Waals surface area contributed by atoms with Crippen molar-refractivity contribution < 1.29 is 0 Å². The molecule has 4 nitrogen and oxygen atoms in total. The highest BCUT2D eigenvalue weighted by Gasteiger charge is 2.21. The van der Waals surface area contributed by atoms with Crippen molar-refractivity contribution in [3.8, 4) is 39.9 Å². The molecule has 9 aromatic carbocycles. The Bertz CT molecular complexity index is 3540. The van der Waals surface area contributed by atoms with Gasteiger partial charge >= 0.3 is 0 Å². The van der Waals surface area contributed by atoms with Crippen LogP contribution in [0.25, 0.3) is 114 Å². The number of rotatable bonds is 4. The van der Waals surface area contributed by atoms with Crippen molar-refractivity contribution in [3.63, 3.8) is 0 Å². The zero-order valence-electron chi connectivity index (χ0n) is 30.0. The number of hydrogen-bond acceptors (Lipinski definition) is 4. The Morgan fingerprint density at radius 2 is 1.02 bits per heavy atom. The lowest BCUT2D eigenvalue weighted by Gasteiger charge is -2.12. The molecule has 0 aliphatic rings. The first-order valence-electron chi connectivity index (χ1n) is 18.9. The summed E-state index contributed by atoms with van der Waals surface area (Å²) in [6, 6.07) is 65.0. The monoisotopic (exact) mass is 730 g/mol. The molecule has 0 bridgehead atoms. The lowest BCUT2D eigenvalue weighted by atomic mass is 9.99. The van der Waals surface area contributed by atoms with Crippen molar-refractivity contribution in [2.45, 2.75) is 0 Å². The third kappa shape index (κ3) is 4.75. The minimum Gasteiger partial charge on any atom is -0.309 e. The van der Waals surface area contributed by atoms with Crippen molar-refractivity contribution in [2.24, 2.45) is 0 Å². The van der Waals surface area contributed by atoms with Crippen molar-refractivity contribution in [3.05, 3.63) is 182 Å². The molecule has 3 aromatic heterocycles. The van der Waals surface area contributed by atoms with Crippen LogP contribution in [0.2, 0.25) is 0 Å². The van der Waals surface area contributed by atoms with Gasteiger partial charge in [-0.1, -0.05) is 146 Å². The summed E-state index contributed by atoms with van der Waals surface area (Å²) >= 11 is 1.84. The predicted octanol–water partition coefficient (Wildman–Crippen LogP) is 13.8. The number of hydrogen-bond donors (Lipinski definition) is 0. The summed E-state index contributed by atoms with van der Waals surface area (Å²) in [7, 11) is 0. The molecular weight excluding hydrogens is 701 g/mol. The fraction of sp³-hybridized carbons (Fsp3) is 0. The van der Waals surface area contributed by atoms with Gasteiger partial charge in [0.25, 0.3) is 0 Å². The summed E-state index contributed by atoms with van der Waals surface area (Å²) in [5.41, 5.74) is 6.48. The molecule has 0 N–H and O–H groups in total. The minimum atomic E-state index is 0.653. The normalized spacial score (nSPS) is 11.9. The molecule has 0 atom stereocenters. The molecule has 260 valence electrons. The van der Waals surface area contributed by atoms with E-state index in [4.69, 9.17) is 15.0 Å². The Morgan fingerprint density at radius 1 is 0.375 bits per heavy atom. The Morgan fingerprint density at radius 3 is 1.86 bits per heavy atom. The molecule has 3 heterocycles. The summed E-state index contributed by atoms with van der Waals surface area (Å²) in [6.45, 7) is 0. The van der Waals surface area contributed by atoms with Crippen LogP contribution in [0.4, 0.5) is 0 Å². The van der Waals surface area contributed by atoms with Gasteiger partial charge < -0.3 is 4.57 Å². The van der Waals surface area contributed by atoms with E-state index in [1.807, 2.05) is 29.5 Å². The molecule has 0 unspecified atom stereocenters. The Balaban J connectivity index is 1.13. The van der Waals surface area contributed by atoms with Crippen LogP contribution in [0.5, 0.6) is 0 Å². The average molecular weight is 731 g/mol. The molecule has 0 radical (unpaired) electrons. The predicted molar refractivity (Wildman–Crippen MR) is 236 cm³/mol. The van der Waals surface area contributed by atoms with Gasteiger partial charge in [-0.3, -0.25) is 0 Å². The van der Waals surface area contributed by atoms with Crippen molar-refractivity contribution >= 4 is 85.6 Å². The second kappa shape index (κ2) is 12.2. The molecule has 12 aromatic rings. The molecule has 0 spiro atoms. The van der Waals surface area contributed by atoms with E-state index in [0.29, 0.717) is 17.5 Å². The number of nitrogens with zero attached hydrogens (tertiary/aromatic N) is 4. The van der Waals surface area contributed by atoms with Gasteiger partial charge in [0.05, 0.1) is 11.0 Å². The van der Waals surface area contributed by atoms with Gasteiger partial charge in [-0.05, 0) is 68.7 Å². The highest BCUT2D eigenvalue weighted by Crippen LogP contribution is 2.45. The van der Waals surface area contributed by atoms with E-state index in [1.165, 1.54) is 52.8 Å². The summed E-state index contributed by atoms with van der Waals surface area (Å²) in [5.74, 6) is 1.98. The van der Waals surface area contributed by atoms with E-state index in [0.717, 1.165) is 43.9 Å². The van der Waals surface area contributed by atoms with Crippen molar-refractivity contribution in [1.29, 1.82) is 0 Å². The zero-order valence-corrected chi connectivity index (χ0v) is 30.8. The van der Waals surface area contributed by atoms with E-state index in [-0.39, 0.29) is 0 Å². The van der Waals surface area contributed by atoms with Crippen LogP contribution < -0.4 is 0 Å². The van der Waals surface area contributed by atoms with Crippen LogP contribution >= 0.6 is 11.3 Å². The van der Waals surface area contributed by atoms with Gasteiger partial charge in [-0.25, -0.2) is 15.0 Å². The highest BCUT2D eigenvalue weighted by atomic mass is 32.1. The van der Waals surface area contributed by atoms with Crippen LogP contribution in [-0.2, 0) is 0 Å². The fourth-order valence-electron chi connectivity index (χ4n) is 8.60. The molecule has 0 aliphatic carbocycles. The highest BCUT2D eigenvalue weighted by molar-refractivity contribution is 7.26. The second-order valence-electron chi connectivity index (χ2n) is 14.4. The summed E-state index contributed by atoms with van der Waals surface area (Å²) in [5, 5.41) is 12.0. The molecule has 0 saturated heterocycles. The molecule has 5 heteroatoms. The van der Waals surface area contributed by atoms with Gasteiger partial charge in [-0.15, -0.1) is 11.3 Å². The van der Waals surface area contributed by atoms with Gasteiger partial charge in [0.2, 0.25) is 0 Å². The lowest BCUT2D eigenvalue weighted by molar-refractivity contribution is 1.08. The van der Waals surface area contributed by atoms with Crippen molar-refractivity contribution in [1.82, 2.24) is 19.5 Å². The fourth-order valence-corrected chi connectivity index (χ4v) is 9.90. The van der Waals surface area contributed by atoms with E-state index in [9.17, 15) is 0 Å². The third-order valence-electron chi connectivity index (χ3n) is 11.2. The van der Waals surface area contributed by atoms with E-state index in [1.54, 1.807) is 0 Å².